The first-order valence-corrected chi connectivity index (χ1v) is 9.73. The fraction of sp³-hybridized carbons (Fsp3) is 0.600. The number of likely N-dealkylation sites (tertiary alicyclic amines) is 1. The summed E-state index contributed by atoms with van der Waals surface area (Å²) >= 11 is 0. The van der Waals surface area contributed by atoms with Crippen molar-refractivity contribution in [1.29, 1.82) is 0 Å². The van der Waals surface area contributed by atoms with Crippen molar-refractivity contribution in [2.75, 3.05) is 19.6 Å². The van der Waals surface area contributed by atoms with E-state index in [-0.39, 0.29) is 17.8 Å². The fourth-order valence-electron chi connectivity index (χ4n) is 3.78. The van der Waals surface area contributed by atoms with Gasteiger partial charge in [-0.3, -0.25) is 4.79 Å². The number of nitrogens with zero attached hydrogens (tertiary/aromatic N) is 2. The number of carbonyl (C=O) groups excluding carboxylic acids is 1. The summed E-state index contributed by atoms with van der Waals surface area (Å²) < 4.78 is 13.0. The van der Waals surface area contributed by atoms with Crippen molar-refractivity contribution in [2.45, 2.75) is 51.6 Å². The fourth-order valence-corrected chi connectivity index (χ4v) is 3.78. The van der Waals surface area contributed by atoms with Crippen LogP contribution in [0.5, 0.6) is 0 Å². The summed E-state index contributed by atoms with van der Waals surface area (Å²) in [5, 5.41) is 6.70. The summed E-state index contributed by atoms with van der Waals surface area (Å²) in [5.41, 5.74) is 0.966. The monoisotopic (exact) mass is 360 g/mol. The summed E-state index contributed by atoms with van der Waals surface area (Å²) in [7, 11) is 0. The van der Waals surface area contributed by atoms with Gasteiger partial charge in [0.2, 0.25) is 5.91 Å². The molecule has 1 heterocycles. The van der Waals surface area contributed by atoms with Gasteiger partial charge in [-0.2, -0.15) is 0 Å². The van der Waals surface area contributed by atoms with Crippen molar-refractivity contribution in [3.63, 3.8) is 0 Å². The largest absolute Gasteiger partial charge is 0.357 e. The molecule has 6 heteroatoms. The summed E-state index contributed by atoms with van der Waals surface area (Å²) in [6, 6.07) is 6.63. The predicted octanol–water partition coefficient (Wildman–Crippen LogP) is 2.67. The zero-order chi connectivity index (χ0) is 18.4. The first-order valence-electron chi connectivity index (χ1n) is 9.73. The van der Waals surface area contributed by atoms with Gasteiger partial charge in [0.15, 0.2) is 5.96 Å². The van der Waals surface area contributed by atoms with E-state index in [1.54, 1.807) is 12.1 Å². The molecule has 2 aliphatic rings. The van der Waals surface area contributed by atoms with Crippen LogP contribution in [0.3, 0.4) is 0 Å². The molecule has 1 aliphatic heterocycles. The van der Waals surface area contributed by atoms with Crippen molar-refractivity contribution in [3.8, 4) is 0 Å². The summed E-state index contributed by atoms with van der Waals surface area (Å²) in [6.07, 6.45) is 5.42. The van der Waals surface area contributed by atoms with E-state index in [0.29, 0.717) is 12.5 Å². The van der Waals surface area contributed by atoms with Crippen LogP contribution in [0, 0.1) is 11.7 Å². The Morgan fingerprint density at radius 1 is 1.23 bits per heavy atom. The highest BCUT2D eigenvalue weighted by Gasteiger charge is 2.32. The first-order chi connectivity index (χ1) is 12.7. The van der Waals surface area contributed by atoms with Gasteiger partial charge in [0.1, 0.15) is 5.82 Å². The van der Waals surface area contributed by atoms with Gasteiger partial charge < -0.3 is 15.5 Å². The van der Waals surface area contributed by atoms with Gasteiger partial charge in [-0.05, 0) is 43.9 Å². The number of nitrogens with one attached hydrogen (secondary N) is 2. The molecule has 26 heavy (non-hydrogen) atoms. The highest BCUT2D eigenvalue weighted by Crippen LogP contribution is 2.27. The topological polar surface area (TPSA) is 56.7 Å². The maximum atomic E-state index is 13.0. The van der Waals surface area contributed by atoms with Crippen molar-refractivity contribution in [1.82, 2.24) is 15.5 Å². The van der Waals surface area contributed by atoms with Crippen LogP contribution in [0.15, 0.2) is 29.3 Å². The molecule has 1 unspecified atom stereocenters. The highest BCUT2D eigenvalue weighted by atomic mass is 19.1. The Morgan fingerprint density at radius 2 is 1.96 bits per heavy atom. The van der Waals surface area contributed by atoms with E-state index in [2.05, 4.69) is 15.6 Å². The number of carbonyl (C=O) groups is 1. The van der Waals surface area contributed by atoms with Crippen LogP contribution in [-0.4, -0.2) is 42.4 Å². The van der Waals surface area contributed by atoms with Gasteiger partial charge in [0.05, 0.1) is 6.54 Å². The number of rotatable bonds is 5. The number of aliphatic imine (C=N–C) groups is 1. The summed E-state index contributed by atoms with van der Waals surface area (Å²) in [6.45, 7) is 4.86. The highest BCUT2D eigenvalue weighted by molar-refractivity contribution is 5.81. The molecule has 3 rings (SSSR count). The van der Waals surface area contributed by atoms with Crippen molar-refractivity contribution in [2.24, 2.45) is 10.9 Å². The van der Waals surface area contributed by atoms with Gasteiger partial charge in [-0.15, -0.1) is 0 Å². The third-order valence-corrected chi connectivity index (χ3v) is 5.22. The molecular formula is C20H29FN4O. The van der Waals surface area contributed by atoms with Crippen LogP contribution in [0.25, 0.3) is 0 Å². The van der Waals surface area contributed by atoms with E-state index in [9.17, 15) is 9.18 Å². The number of guanidine groups is 1. The molecule has 0 spiro atoms. The quantitative estimate of drug-likeness (QED) is 0.627. The standard InChI is InChI=1S/C20H29FN4O/c1-2-22-20(23-13-15-7-9-17(21)10-8-15)24-18-11-12-25(14-18)19(26)16-5-3-4-6-16/h7-10,16,18H,2-6,11-14H2,1H3,(H2,22,23,24). The smallest absolute Gasteiger partial charge is 0.225 e. The minimum Gasteiger partial charge on any atom is -0.357 e. The molecule has 2 N–H and O–H groups in total. The van der Waals surface area contributed by atoms with Crippen LogP contribution in [-0.2, 0) is 11.3 Å². The number of hydrogen-bond acceptors (Lipinski definition) is 2. The van der Waals surface area contributed by atoms with E-state index in [1.165, 1.54) is 25.0 Å². The number of amides is 1. The zero-order valence-electron chi connectivity index (χ0n) is 15.5. The molecule has 142 valence electrons. The Morgan fingerprint density at radius 3 is 2.65 bits per heavy atom. The van der Waals surface area contributed by atoms with E-state index < -0.39 is 0 Å². The first kappa shape index (κ1) is 18.7. The second kappa shape index (κ2) is 9.01. The van der Waals surface area contributed by atoms with E-state index in [0.717, 1.165) is 50.4 Å². The minimum atomic E-state index is -0.235. The minimum absolute atomic E-state index is 0.228. The van der Waals surface area contributed by atoms with E-state index in [4.69, 9.17) is 0 Å². The molecule has 0 bridgehead atoms. The maximum absolute atomic E-state index is 13.0. The molecule has 1 saturated carbocycles. The molecule has 5 nitrogen and oxygen atoms in total. The molecule has 1 aromatic rings. The lowest BCUT2D eigenvalue weighted by Crippen LogP contribution is -2.45. The molecular weight excluding hydrogens is 331 g/mol. The van der Waals surface area contributed by atoms with Gasteiger partial charge in [-0.1, -0.05) is 25.0 Å². The second-order valence-electron chi connectivity index (χ2n) is 7.22. The lowest BCUT2D eigenvalue weighted by atomic mass is 10.1. The molecule has 1 aromatic carbocycles. The van der Waals surface area contributed by atoms with Gasteiger partial charge in [0, 0.05) is 31.6 Å². The molecule has 1 atom stereocenters. The van der Waals surface area contributed by atoms with E-state index >= 15 is 0 Å². The van der Waals surface area contributed by atoms with Gasteiger partial charge in [-0.25, -0.2) is 9.38 Å². The Kier molecular flexibility index (Phi) is 6.47. The SMILES string of the molecule is CCNC(=NCc1ccc(F)cc1)NC1CCN(C(=O)C2CCCC2)C1. The number of halogens is 1. The Hall–Kier alpha value is -2.11. The van der Waals surface area contributed by atoms with Gasteiger partial charge in [0.25, 0.3) is 0 Å². The zero-order valence-corrected chi connectivity index (χ0v) is 15.5. The van der Waals surface area contributed by atoms with Crippen LogP contribution >= 0.6 is 0 Å². The molecule has 1 saturated heterocycles. The third kappa shape index (κ3) is 4.96. The van der Waals surface area contributed by atoms with E-state index in [1.807, 2.05) is 11.8 Å². The van der Waals surface area contributed by atoms with Crippen LogP contribution in [0.1, 0.15) is 44.6 Å². The van der Waals surface area contributed by atoms with Crippen LogP contribution in [0.4, 0.5) is 4.39 Å². The van der Waals surface area contributed by atoms with Crippen LogP contribution < -0.4 is 10.6 Å². The maximum Gasteiger partial charge on any atom is 0.225 e. The van der Waals surface area contributed by atoms with Crippen LogP contribution in [0.2, 0.25) is 0 Å². The number of benzene rings is 1. The predicted molar refractivity (Wildman–Crippen MR) is 101 cm³/mol. The Bertz CT molecular complexity index is 625. The third-order valence-electron chi connectivity index (χ3n) is 5.22. The molecule has 1 amide bonds. The average Bonchev–Trinajstić information content (AvgIpc) is 3.33. The van der Waals surface area contributed by atoms with Crippen molar-refractivity contribution < 1.29 is 9.18 Å². The Labute approximate surface area is 155 Å². The van der Waals surface area contributed by atoms with Crippen molar-refractivity contribution >= 4 is 11.9 Å². The summed E-state index contributed by atoms with van der Waals surface area (Å²) in [4.78, 5) is 19.2. The molecule has 0 radical (unpaired) electrons. The molecule has 1 aliphatic carbocycles. The lowest BCUT2D eigenvalue weighted by Gasteiger charge is -2.21. The molecule has 0 aromatic heterocycles. The number of hydrogen-bond donors (Lipinski definition) is 2. The average molecular weight is 360 g/mol. The summed E-state index contributed by atoms with van der Waals surface area (Å²) in [5.74, 6) is 1.09. The van der Waals surface area contributed by atoms with Gasteiger partial charge >= 0.3 is 0 Å². The lowest BCUT2D eigenvalue weighted by molar-refractivity contribution is -0.134. The normalized spacial score (nSPS) is 21.2. The second-order valence-corrected chi connectivity index (χ2v) is 7.22. The molecule has 2 fully saturated rings. The Balaban J connectivity index is 1.53. The van der Waals surface area contributed by atoms with Crippen molar-refractivity contribution in [3.05, 3.63) is 35.6 Å².